The van der Waals surface area contributed by atoms with Crippen molar-refractivity contribution < 1.29 is 9.42 Å². The zero-order chi connectivity index (χ0) is 12.4. The van der Waals surface area contributed by atoms with Crippen molar-refractivity contribution in [1.82, 2.24) is 10.3 Å². The summed E-state index contributed by atoms with van der Waals surface area (Å²) in [6.45, 7) is 0. The topological polar surface area (TPSA) is 94.0 Å². The average Bonchev–Trinajstić information content (AvgIpc) is 2.71. The highest BCUT2D eigenvalue weighted by Gasteiger charge is 2.17. The standard InChI is InChI=1S/C9H6BrClN4O2/c10-6-4(11)2-1-3-5(6)13-9(16)7-8(12)15-17-14-7/h1-3H,(H2,12,15)(H,13,16). The van der Waals surface area contributed by atoms with Crippen LogP contribution in [-0.4, -0.2) is 16.2 Å². The molecule has 88 valence electrons. The number of halogens is 2. The summed E-state index contributed by atoms with van der Waals surface area (Å²) >= 11 is 9.14. The zero-order valence-corrected chi connectivity index (χ0v) is 10.6. The van der Waals surface area contributed by atoms with Gasteiger partial charge in [0.25, 0.3) is 5.91 Å². The lowest BCUT2D eigenvalue weighted by atomic mass is 10.3. The second kappa shape index (κ2) is 4.72. The number of anilines is 2. The minimum absolute atomic E-state index is 0.0688. The van der Waals surface area contributed by atoms with Gasteiger partial charge >= 0.3 is 0 Å². The molecular formula is C9H6BrClN4O2. The molecule has 1 aromatic heterocycles. The number of nitrogens with one attached hydrogen (secondary N) is 1. The number of carbonyl (C=O) groups is 1. The van der Waals surface area contributed by atoms with Crippen LogP contribution in [0.1, 0.15) is 10.5 Å². The summed E-state index contributed by atoms with van der Waals surface area (Å²) in [6.07, 6.45) is 0. The first-order chi connectivity index (χ1) is 8.09. The van der Waals surface area contributed by atoms with Crippen LogP contribution in [0.5, 0.6) is 0 Å². The molecule has 0 aliphatic heterocycles. The van der Waals surface area contributed by atoms with Crippen LogP contribution in [0.2, 0.25) is 5.02 Å². The molecule has 2 rings (SSSR count). The average molecular weight is 318 g/mol. The third-order valence-corrected chi connectivity index (χ3v) is 3.33. The van der Waals surface area contributed by atoms with Gasteiger partial charge in [0.2, 0.25) is 11.5 Å². The largest absolute Gasteiger partial charge is 0.379 e. The number of carbonyl (C=O) groups excluding carboxylic acids is 1. The monoisotopic (exact) mass is 316 g/mol. The van der Waals surface area contributed by atoms with E-state index in [2.05, 4.69) is 36.2 Å². The normalized spacial score (nSPS) is 10.2. The molecule has 0 aliphatic carbocycles. The second-order valence-electron chi connectivity index (χ2n) is 3.05. The fourth-order valence-electron chi connectivity index (χ4n) is 1.13. The summed E-state index contributed by atoms with van der Waals surface area (Å²) in [7, 11) is 0. The predicted molar refractivity (Wildman–Crippen MR) is 65.8 cm³/mol. The number of nitrogens with zero attached hydrogens (tertiary/aromatic N) is 2. The molecule has 1 amide bonds. The number of hydrogen-bond donors (Lipinski definition) is 2. The minimum atomic E-state index is -0.522. The highest BCUT2D eigenvalue weighted by Crippen LogP contribution is 2.30. The summed E-state index contributed by atoms with van der Waals surface area (Å²) < 4.78 is 4.91. The Bertz CT molecular complexity index is 572. The van der Waals surface area contributed by atoms with Crippen LogP contribution in [0, 0.1) is 0 Å². The van der Waals surface area contributed by atoms with Crippen molar-refractivity contribution in [3.05, 3.63) is 33.4 Å². The van der Waals surface area contributed by atoms with Gasteiger partial charge in [-0.25, -0.2) is 4.63 Å². The highest BCUT2D eigenvalue weighted by atomic mass is 79.9. The van der Waals surface area contributed by atoms with Gasteiger partial charge in [-0.2, -0.15) is 0 Å². The van der Waals surface area contributed by atoms with Crippen molar-refractivity contribution in [2.24, 2.45) is 0 Å². The van der Waals surface area contributed by atoms with Gasteiger partial charge in [-0.1, -0.05) is 17.7 Å². The van der Waals surface area contributed by atoms with Gasteiger partial charge in [0.05, 0.1) is 15.2 Å². The molecule has 6 nitrogen and oxygen atoms in total. The zero-order valence-electron chi connectivity index (χ0n) is 8.28. The number of benzene rings is 1. The molecule has 0 saturated carbocycles. The Morgan fingerprint density at radius 3 is 2.88 bits per heavy atom. The summed E-state index contributed by atoms with van der Waals surface area (Å²) in [6, 6.07) is 5.07. The predicted octanol–water partition coefficient (Wildman–Crippen LogP) is 2.32. The molecule has 2 aromatic rings. The lowest BCUT2D eigenvalue weighted by Gasteiger charge is -2.06. The van der Waals surface area contributed by atoms with Crippen LogP contribution in [0.15, 0.2) is 27.3 Å². The van der Waals surface area contributed by atoms with E-state index >= 15 is 0 Å². The number of aromatic nitrogens is 2. The Kier molecular flexibility index (Phi) is 3.30. The fourth-order valence-corrected chi connectivity index (χ4v) is 1.67. The molecule has 0 saturated heterocycles. The molecule has 0 fully saturated rings. The molecule has 17 heavy (non-hydrogen) atoms. The van der Waals surface area contributed by atoms with Gasteiger partial charge in [0, 0.05) is 0 Å². The smallest absolute Gasteiger partial charge is 0.281 e. The van der Waals surface area contributed by atoms with Crippen molar-refractivity contribution in [3.8, 4) is 0 Å². The first-order valence-electron chi connectivity index (χ1n) is 4.43. The lowest BCUT2D eigenvalue weighted by Crippen LogP contribution is -2.14. The summed E-state index contributed by atoms with van der Waals surface area (Å²) in [5.41, 5.74) is 5.83. The Hall–Kier alpha value is -1.60. The summed E-state index contributed by atoms with van der Waals surface area (Å²) in [4.78, 5) is 11.7. The van der Waals surface area contributed by atoms with Crippen molar-refractivity contribution in [1.29, 1.82) is 0 Å². The first kappa shape index (κ1) is 11.9. The van der Waals surface area contributed by atoms with Gasteiger partial charge in [-0.3, -0.25) is 4.79 Å². The van der Waals surface area contributed by atoms with Crippen molar-refractivity contribution in [2.45, 2.75) is 0 Å². The van der Waals surface area contributed by atoms with Crippen LogP contribution >= 0.6 is 27.5 Å². The van der Waals surface area contributed by atoms with Crippen LogP contribution in [0.3, 0.4) is 0 Å². The summed E-state index contributed by atoms with van der Waals surface area (Å²) in [5, 5.41) is 9.77. The fraction of sp³-hybridized carbons (Fsp3) is 0. The van der Waals surface area contributed by atoms with E-state index in [1.165, 1.54) is 0 Å². The molecule has 0 radical (unpaired) electrons. The first-order valence-corrected chi connectivity index (χ1v) is 5.60. The number of rotatable bonds is 2. The van der Waals surface area contributed by atoms with E-state index in [0.717, 1.165) is 0 Å². The Labute approximate surface area is 109 Å². The molecule has 3 N–H and O–H groups in total. The SMILES string of the molecule is Nc1nonc1C(=O)Nc1cccc(Cl)c1Br. The summed E-state index contributed by atoms with van der Waals surface area (Å²) in [5.74, 6) is -0.590. The lowest BCUT2D eigenvalue weighted by molar-refractivity contribution is 0.101. The van der Waals surface area contributed by atoms with Gasteiger partial charge < -0.3 is 11.1 Å². The number of nitrogens with two attached hydrogens (primary N) is 1. The third-order valence-electron chi connectivity index (χ3n) is 1.93. The molecule has 1 aromatic carbocycles. The Balaban J connectivity index is 2.25. The number of nitrogen functional groups attached to an aromatic ring is 1. The van der Waals surface area contributed by atoms with Crippen molar-refractivity contribution >= 4 is 44.9 Å². The van der Waals surface area contributed by atoms with Crippen LogP contribution < -0.4 is 11.1 Å². The van der Waals surface area contributed by atoms with Crippen LogP contribution in [-0.2, 0) is 0 Å². The molecule has 0 bridgehead atoms. The molecule has 8 heteroatoms. The second-order valence-corrected chi connectivity index (χ2v) is 4.25. The maximum absolute atomic E-state index is 11.7. The van der Waals surface area contributed by atoms with Gasteiger partial charge in [0.1, 0.15) is 0 Å². The maximum Gasteiger partial charge on any atom is 0.281 e. The van der Waals surface area contributed by atoms with Crippen LogP contribution in [0.4, 0.5) is 11.5 Å². The molecule has 0 unspecified atom stereocenters. The molecule has 1 heterocycles. The van der Waals surface area contributed by atoms with E-state index in [9.17, 15) is 4.79 Å². The maximum atomic E-state index is 11.7. The quantitative estimate of drug-likeness (QED) is 0.886. The van der Waals surface area contributed by atoms with E-state index in [0.29, 0.717) is 15.2 Å². The number of amides is 1. The Morgan fingerprint density at radius 2 is 2.24 bits per heavy atom. The minimum Gasteiger partial charge on any atom is -0.379 e. The van der Waals surface area contributed by atoms with E-state index in [4.69, 9.17) is 17.3 Å². The van der Waals surface area contributed by atoms with E-state index in [1.54, 1.807) is 18.2 Å². The van der Waals surface area contributed by atoms with E-state index in [1.807, 2.05) is 0 Å². The van der Waals surface area contributed by atoms with E-state index < -0.39 is 5.91 Å². The molecule has 0 aliphatic rings. The molecule has 0 spiro atoms. The molecule has 0 atom stereocenters. The van der Waals surface area contributed by atoms with Crippen LogP contribution in [0.25, 0.3) is 0 Å². The Morgan fingerprint density at radius 1 is 1.47 bits per heavy atom. The van der Waals surface area contributed by atoms with Gasteiger partial charge in [-0.05, 0) is 38.4 Å². The third kappa shape index (κ3) is 2.40. The highest BCUT2D eigenvalue weighted by molar-refractivity contribution is 9.10. The van der Waals surface area contributed by atoms with Gasteiger partial charge in [0.15, 0.2) is 0 Å². The van der Waals surface area contributed by atoms with Crippen molar-refractivity contribution in [2.75, 3.05) is 11.1 Å². The number of hydrogen-bond acceptors (Lipinski definition) is 5. The molecular weight excluding hydrogens is 311 g/mol. The van der Waals surface area contributed by atoms with Gasteiger partial charge in [-0.15, -0.1) is 0 Å². The van der Waals surface area contributed by atoms with Crippen molar-refractivity contribution in [3.63, 3.8) is 0 Å². The van der Waals surface area contributed by atoms with E-state index in [-0.39, 0.29) is 11.5 Å².